The lowest BCUT2D eigenvalue weighted by Crippen LogP contribution is -2.54. The highest BCUT2D eigenvalue weighted by Crippen LogP contribution is 2.34. The van der Waals surface area contributed by atoms with E-state index in [0.29, 0.717) is 38.2 Å². The van der Waals surface area contributed by atoms with E-state index in [0.717, 1.165) is 24.4 Å². The first-order valence-electron chi connectivity index (χ1n) is 10.5. The number of benzene rings is 2. The minimum absolute atomic E-state index is 0.0361. The van der Waals surface area contributed by atoms with Gasteiger partial charge in [0, 0.05) is 44.8 Å². The van der Waals surface area contributed by atoms with Gasteiger partial charge in [-0.05, 0) is 36.2 Å². The van der Waals surface area contributed by atoms with Gasteiger partial charge in [0.15, 0.2) is 11.5 Å². The van der Waals surface area contributed by atoms with Gasteiger partial charge in [0.2, 0.25) is 18.6 Å². The minimum Gasteiger partial charge on any atom is -0.454 e. The van der Waals surface area contributed by atoms with Crippen LogP contribution in [0.2, 0.25) is 0 Å². The molecule has 0 aromatic heterocycles. The van der Waals surface area contributed by atoms with Gasteiger partial charge in [-0.3, -0.25) is 9.59 Å². The largest absolute Gasteiger partial charge is 0.454 e. The van der Waals surface area contributed by atoms with E-state index in [-0.39, 0.29) is 24.6 Å². The standard InChI is InChI=1S/C23H25N3O4/c27-22-9-7-19(26(22)15-17-6-8-20-21(14-17)30-16-29-20)23(28)25-12-10-24(11-13-25)18-4-2-1-3-5-18/h1-6,8,14,19H,7,9-13,15-16H2. The van der Waals surface area contributed by atoms with Gasteiger partial charge in [-0.15, -0.1) is 0 Å². The second-order valence-corrected chi connectivity index (χ2v) is 7.91. The van der Waals surface area contributed by atoms with Gasteiger partial charge in [-0.25, -0.2) is 0 Å². The zero-order valence-corrected chi connectivity index (χ0v) is 16.8. The highest BCUT2D eigenvalue weighted by Gasteiger charge is 2.39. The number of amides is 2. The Morgan fingerprint density at radius 3 is 2.53 bits per heavy atom. The molecule has 0 radical (unpaired) electrons. The molecule has 7 heteroatoms. The van der Waals surface area contributed by atoms with Crippen molar-refractivity contribution in [1.29, 1.82) is 0 Å². The summed E-state index contributed by atoms with van der Waals surface area (Å²) in [6.45, 7) is 3.59. The number of fused-ring (bicyclic) bond motifs is 1. The number of rotatable bonds is 4. The van der Waals surface area contributed by atoms with Crippen LogP contribution >= 0.6 is 0 Å². The number of likely N-dealkylation sites (tertiary alicyclic amines) is 1. The number of nitrogens with zero attached hydrogens (tertiary/aromatic N) is 3. The van der Waals surface area contributed by atoms with Crippen LogP contribution in [0, 0.1) is 0 Å². The fourth-order valence-corrected chi connectivity index (χ4v) is 4.46. The molecule has 2 amide bonds. The molecule has 0 saturated carbocycles. The first kappa shape index (κ1) is 18.8. The lowest BCUT2D eigenvalue weighted by molar-refractivity contribution is -0.142. The Kier molecular flexibility index (Phi) is 4.94. The van der Waals surface area contributed by atoms with Crippen LogP contribution in [0.25, 0.3) is 0 Å². The summed E-state index contributed by atoms with van der Waals surface area (Å²) in [6, 6.07) is 15.6. The van der Waals surface area contributed by atoms with Gasteiger partial charge in [-0.2, -0.15) is 0 Å². The number of ether oxygens (including phenoxy) is 2. The van der Waals surface area contributed by atoms with Crippen molar-refractivity contribution in [2.75, 3.05) is 37.9 Å². The van der Waals surface area contributed by atoms with Gasteiger partial charge < -0.3 is 24.2 Å². The molecule has 2 aromatic rings. The number of piperazine rings is 1. The molecule has 2 saturated heterocycles. The van der Waals surface area contributed by atoms with E-state index in [1.54, 1.807) is 4.90 Å². The SMILES string of the molecule is O=C(C1CCC(=O)N1Cc1ccc2c(c1)OCO2)N1CCN(c2ccccc2)CC1. The summed E-state index contributed by atoms with van der Waals surface area (Å²) < 4.78 is 10.8. The van der Waals surface area contributed by atoms with E-state index in [1.165, 1.54) is 5.69 Å². The van der Waals surface area contributed by atoms with Crippen molar-refractivity contribution in [3.63, 3.8) is 0 Å². The minimum atomic E-state index is -0.383. The molecule has 7 nitrogen and oxygen atoms in total. The van der Waals surface area contributed by atoms with Gasteiger partial charge in [0.25, 0.3) is 0 Å². The molecule has 1 unspecified atom stereocenters. The van der Waals surface area contributed by atoms with Crippen LogP contribution < -0.4 is 14.4 Å². The van der Waals surface area contributed by atoms with E-state index in [2.05, 4.69) is 17.0 Å². The lowest BCUT2D eigenvalue weighted by Gasteiger charge is -2.38. The topological polar surface area (TPSA) is 62.3 Å². The quantitative estimate of drug-likeness (QED) is 0.778. The van der Waals surface area contributed by atoms with E-state index in [9.17, 15) is 9.59 Å². The van der Waals surface area contributed by atoms with Crippen molar-refractivity contribution in [1.82, 2.24) is 9.80 Å². The number of para-hydroxylation sites is 1. The smallest absolute Gasteiger partial charge is 0.245 e. The Balaban J connectivity index is 1.24. The maximum atomic E-state index is 13.2. The second kappa shape index (κ2) is 7.89. The van der Waals surface area contributed by atoms with Crippen molar-refractivity contribution in [3.8, 4) is 11.5 Å². The van der Waals surface area contributed by atoms with Gasteiger partial charge in [0.1, 0.15) is 6.04 Å². The Hall–Kier alpha value is -3.22. The first-order valence-corrected chi connectivity index (χ1v) is 10.5. The highest BCUT2D eigenvalue weighted by molar-refractivity contribution is 5.91. The molecule has 5 rings (SSSR count). The zero-order valence-electron chi connectivity index (χ0n) is 16.8. The number of hydrogen-bond donors (Lipinski definition) is 0. The monoisotopic (exact) mass is 407 g/mol. The fourth-order valence-electron chi connectivity index (χ4n) is 4.46. The third-order valence-electron chi connectivity index (χ3n) is 6.12. The molecular formula is C23H25N3O4. The normalized spacial score (nSPS) is 20.7. The molecule has 0 bridgehead atoms. The van der Waals surface area contributed by atoms with Crippen molar-refractivity contribution in [3.05, 3.63) is 54.1 Å². The molecule has 0 N–H and O–H groups in total. The third kappa shape index (κ3) is 3.56. The van der Waals surface area contributed by atoms with E-state index >= 15 is 0 Å². The van der Waals surface area contributed by atoms with Crippen LogP contribution in [0.15, 0.2) is 48.5 Å². The predicted molar refractivity (Wildman–Crippen MR) is 111 cm³/mol. The molecule has 0 spiro atoms. The average Bonchev–Trinajstić information content (AvgIpc) is 3.40. The van der Waals surface area contributed by atoms with Crippen LogP contribution in [0.3, 0.4) is 0 Å². The maximum absolute atomic E-state index is 13.2. The van der Waals surface area contributed by atoms with Crippen LogP contribution in [0.5, 0.6) is 11.5 Å². The summed E-state index contributed by atoms with van der Waals surface area (Å²) in [5, 5.41) is 0. The number of carbonyl (C=O) groups is 2. The summed E-state index contributed by atoms with van der Waals surface area (Å²) in [7, 11) is 0. The van der Waals surface area contributed by atoms with Crippen molar-refractivity contribution in [2.24, 2.45) is 0 Å². The fraction of sp³-hybridized carbons (Fsp3) is 0.391. The predicted octanol–water partition coefficient (Wildman–Crippen LogP) is 2.26. The van der Waals surface area contributed by atoms with Crippen LogP contribution in [-0.2, 0) is 16.1 Å². The number of hydrogen-bond acceptors (Lipinski definition) is 5. The highest BCUT2D eigenvalue weighted by atomic mass is 16.7. The van der Waals surface area contributed by atoms with Gasteiger partial charge >= 0.3 is 0 Å². The van der Waals surface area contributed by atoms with Gasteiger partial charge in [-0.1, -0.05) is 24.3 Å². The van der Waals surface area contributed by atoms with Crippen molar-refractivity contribution >= 4 is 17.5 Å². The summed E-state index contributed by atoms with van der Waals surface area (Å²) in [4.78, 5) is 31.7. The molecule has 156 valence electrons. The molecule has 1 atom stereocenters. The van der Waals surface area contributed by atoms with Crippen LogP contribution in [0.4, 0.5) is 5.69 Å². The maximum Gasteiger partial charge on any atom is 0.245 e. The molecule has 2 fully saturated rings. The summed E-state index contributed by atoms with van der Waals surface area (Å²) in [5.74, 6) is 1.51. The van der Waals surface area contributed by atoms with Crippen LogP contribution in [-0.4, -0.2) is 60.6 Å². The van der Waals surface area contributed by atoms with Crippen molar-refractivity contribution in [2.45, 2.75) is 25.4 Å². The van der Waals surface area contributed by atoms with E-state index < -0.39 is 0 Å². The molecule has 3 aliphatic rings. The Morgan fingerprint density at radius 1 is 0.967 bits per heavy atom. The molecule has 30 heavy (non-hydrogen) atoms. The Bertz CT molecular complexity index is 941. The number of anilines is 1. The second-order valence-electron chi connectivity index (χ2n) is 7.91. The number of carbonyl (C=O) groups excluding carboxylic acids is 2. The Morgan fingerprint density at radius 2 is 1.73 bits per heavy atom. The van der Waals surface area contributed by atoms with E-state index in [4.69, 9.17) is 9.47 Å². The van der Waals surface area contributed by atoms with E-state index in [1.807, 2.05) is 41.3 Å². The van der Waals surface area contributed by atoms with Gasteiger partial charge in [0.05, 0.1) is 0 Å². The molecule has 3 heterocycles. The lowest BCUT2D eigenvalue weighted by atomic mass is 10.1. The third-order valence-corrected chi connectivity index (χ3v) is 6.12. The summed E-state index contributed by atoms with van der Waals surface area (Å²) in [5.41, 5.74) is 2.13. The molecule has 3 aliphatic heterocycles. The average molecular weight is 407 g/mol. The zero-order chi connectivity index (χ0) is 20.5. The molecule has 0 aliphatic carbocycles. The molecular weight excluding hydrogens is 382 g/mol. The van der Waals surface area contributed by atoms with Crippen LogP contribution in [0.1, 0.15) is 18.4 Å². The summed E-state index contributed by atoms with van der Waals surface area (Å²) in [6.07, 6.45) is 1.01. The first-order chi connectivity index (χ1) is 14.7. The molecule has 2 aromatic carbocycles. The Labute approximate surface area is 175 Å². The van der Waals surface area contributed by atoms with Crippen molar-refractivity contribution < 1.29 is 19.1 Å². The summed E-state index contributed by atoms with van der Waals surface area (Å²) >= 11 is 0.